The van der Waals surface area contributed by atoms with Crippen molar-refractivity contribution in [2.24, 2.45) is 5.92 Å². The van der Waals surface area contributed by atoms with Crippen LogP contribution < -0.4 is 5.32 Å². The third-order valence-corrected chi connectivity index (χ3v) is 3.10. The molecule has 0 bridgehead atoms. The number of carbonyl (C=O) groups excluding carboxylic acids is 1. The maximum absolute atomic E-state index is 12.1. The Labute approximate surface area is 111 Å². The Kier molecular flexibility index (Phi) is 3.99. The van der Waals surface area contributed by atoms with Crippen LogP contribution in [0, 0.1) is 5.92 Å². The highest BCUT2D eigenvalue weighted by Crippen LogP contribution is 2.29. The van der Waals surface area contributed by atoms with Gasteiger partial charge in [0.25, 0.3) is 0 Å². The minimum absolute atomic E-state index is 0.140. The van der Waals surface area contributed by atoms with Crippen molar-refractivity contribution in [3.63, 3.8) is 0 Å². The van der Waals surface area contributed by atoms with E-state index in [9.17, 15) is 9.59 Å². The van der Waals surface area contributed by atoms with E-state index in [0.29, 0.717) is 12.5 Å². The molecule has 0 saturated heterocycles. The van der Waals surface area contributed by atoms with Gasteiger partial charge < -0.3 is 15.3 Å². The second-order valence-corrected chi connectivity index (χ2v) is 4.62. The van der Waals surface area contributed by atoms with Crippen molar-refractivity contribution >= 4 is 17.7 Å². The number of carbonyl (C=O) groups is 2. The van der Waals surface area contributed by atoms with Crippen LogP contribution in [0.2, 0.25) is 0 Å². The molecule has 0 aromatic carbocycles. The lowest BCUT2D eigenvalue weighted by Gasteiger charge is -2.21. The Morgan fingerprint density at radius 3 is 2.84 bits per heavy atom. The van der Waals surface area contributed by atoms with Crippen molar-refractivity contribution in [3.05, 3.63) is 24.0 Å². The number of rotatable bonds is 5. The zero-order valence-electron chi connectivity index (χ0n) is 10.8. The fourth-order valence-electron chi connectivity index (χ4n) is 1.84. The molecule has 1 fully saturated rings. The lowest BCUT2D eigenvalue weighted by Crippen LogP contribution is -2.36. The van der Waals surface area contributed by atoms with Crippen molar-refractivity contribution < 1.29 is 14.7 Å². The van der Waals surface area contributed by atoms with Crippen molar-refractivity contribution in [3.8, 4) is 0 Å². The SMILES string of the molecule is CCN(CC1CC1)C(=O)Nc1cccnc1C(=O)O. The molecule has 0 atom stereocenters. The molecule has 6 nitrogen and oxygen atoms in total. The van der Waals surface area contributed by atoms with Crippen LogP contribution in [0.5, 0.6) is 0 Å². The van der Waals surface area contributed by atoms with Gasteiger partial charge in [-0.3, -0.25) is 0 Å². The zero-order chi connectivity index (χ0) is 13.8. The number of hydrogen-bond donors (Lipinski definition) is 2. The molecule has 2 N–H and O–H groups in total. The number of carboxylic acids is 1. The first kappa shape index (κ1) is 13.3. The number of hydrogen-bond acceptors (Lipinski definition) is 3. The van der Waals surface area contributed by atoms with Crippen LogP contribution >= 0.6 is 0 Å². The number of nitrogens with zero attached hydrogens (tertiary/aromatic N) is 2. The molecule has 0 radical (unpaired) electrons. The summed E-state index contributed by atoms with van der Waals surface area (Å²) in [5.74, 6) is -0.556. The maximum Gasteiger partial charge on any atom is 0.356 e. The molecule has 1 aliphatic carbocycles. The third kappa shape index (κ3) is 3.43. The molecule has 2 rings (SSSR count). The van der Waals surface area contributed by atoms with Crippen molar-refractivity contribution in [2.45, 2.75) is 19.8 Å². The minimum Gasteiger partial charge on any atom is -0.476 e. The normalized spacial score (nSPS) is 13.9. The average molecular weight is 263 g/mol. The summed E-state index contributed by atoms with van der Waals surface area (Å²) >= 11 is 0. The lowest BCUT2D eigenvalue weighted by atomic mass is 10.3. The number of urea groups is 1. The summed E-state index contributed by atoms with van der Waals surface area (Å²) < 4.78 is 0. The van der Waals surface area contributed by atoms with E-state index in [1.165, 1.54) is 6.20 Å². The standard InChI is InChI=1S/C13H17N3O3/c1-2-16(8-9-5-6-9)13(19)15-10-4-3-7-14-11(10)12(17)18/h3-4,7,9H,2,5-6,8H2,1H3,(H,15,19)(H,17,18). The van der Waals surface area contributed by atoms with E-state index >= 15 is 0 Å². The monoisotopic (exact) mass is 263 g/mol. The molecular weight excluding hydrogens is 246 g/mol. The number of nitrogens with one attached hydrogen (secondary N) is 1. The van der Waals surface area contributed by atoms with Gasteiger partial charge in [0, 0.05) is 19.3 Å². The first-order valence-corrected chi connectivity index (χ1v) is 6.36. The highest BCUT2D eigenvalue weighted by atomic mass is 16.4. The first-order valence-electron chi connectivity index (χ1n) is 6.36. The Hall–Kier alpha value is -2.11. The molecule has 102 valence electrons. The summed E-state index contributed by atoms with van der Waals surface area (Å²) in [5, 5.41) is 11.6. The second-order valence-electron chi connectivity index (χ2n) is 4.62. The summed E-state index contributed by atoms with van der Waals surface area (Å²) in [6.45, 7) is 3.24. The Morgan fingerprint density at radius 2 is 2.26 bits per heavy atom. The summed E-state index contributed by atoms with van der Waals surface area (Å²) in [6.07, 6.45) is 3.72. The van der Waals surface area contributed by atoms with Gasteiger partial charge in [-0.25, -0.2) is 14.6 Å². The molecule has 1 heterocycles. The minimum atomic E-state index is -1.15. The Bertz CT molecular complexity index is 486. The average Bonchev–Trinajstić information content (AvgIpc) is 3.20. The molecule has 1 aromatic heterocycles. The van der Waals surface area contributed by atoms with Crippen LogP contribution in [0.1, 0.15) is 30.3 Å². The molecule has 19 heavy (non-hydrogen) atoms. The summed E-state index contributed by atoms with van der Waals surface area (Å²) in [5.41, 5.74) is 0.0903. The van der Waals surface area contributed by atoms with Gasteiger partial charge in [0.1, 0.15) is 0 Å². The van der Waals surface area contributed by atoms with Gasteiger partial charge in [-0.2, -0.15) is 0 Å². The van der Waals surface area contributed by atoms with E-state index in [4.69, 9.17) is 5.11 Å². The molecule has 6 heteroatoms. The highest BCUT2D eigenvalue weighted by molar-refractivity contribution is 5.98. The predicted octanol–water partition coefficient (Wildman–Crippen LogP) is 2.04. The van der Waals surface area contributed by atoms with Gasteiger partial charge in [0.2, 0.25) is 0 Å². The molecule has 1 saturated carbocycles. The fourth-order valence-corrected chi connectivity index (χ4v) is 1.84. The van der Waals surface area contributed by atoms with E-state index in [2.05, 4.69) is 10.3 Å². The van der Waals surface area contributed by atoms with Gasteiger partial charge in [-0.15, -0.1) is 0 Å². The predicted molar refractivity (Wildman–Crippen MR) is 70.2 cm³/mol. The summed E-state index contributed by atoms with van der Waals surface area (Å²) in [4.78, 5) is 28.5. The van der Waals surface area contributed by atoms with Gasteiger partial charge in [0.05, 0.1) is 5.69 Å². The number of anilines is 1. The van der Waals surface area contributed by atoms with Gasteiger partial charge >= 0.3 is 12.0 Å². The molecule has 0 aliphatic heterocycles. The smallest absolute Gasteiger partial charge is 0.356 e. The van der Waals surface area contributed by atoms with Crippen molar-refractivity contribution in [1.29, 1.82) is 0 Å². The van der Waals surface area contributed by atoms with E-state index in [1.54, 1.807) is 17.0 Å². The number of pyridine rings is 1. The summed E-state index contributed by atoms with van der Waals surface area (Å²) in [6, 6.07) is 2.86. The molecule has 1 aromatic rings. The van der Waals surface area contributed by atoms with Gasteiger partial charge in [-0.1, -0.05) is 0 Å². The van der Waals surface area contributed by atoms with Crippen molar-refractivity contribution in [2.75, 3.05) is 18.4 Å². The topological polar surface area (TPSA) is 82.5 Å². The fraction of sp³-hybridized carbons (Fsp3) is 0.462. The van der Waals surface area contributed by atoms with E-state index in [-0.39, 0.29) is 17.4 Å². The first-order chi connectivity index (χ1) is 9.11. The number of aromatic carboxylic acids is 1. The molecule has 1 aliphatic rings. The van der Waals surface area contributed by atoms with Crippen molar-refractivity contribution in [1.82, 2.24) is 9.88 Å². The number of amides is 2. The molecule has 2 amide bonds. The number of carboxylic acid groups (broad SMARTS) is 1. The van der Waals surface area contributed by atoms with Crippen LogP contribution in [0.15, 0.2) is 18.3 Å². The van der Waals surface area contributed by atoms with Crippen LogP contribution in [-0.2, 0) is 0 Å². The van der Waals surface area contributed by atoms with E-state index < -0.39 is 5.97 Å². The number of aromatic nitrogens is 1. The molecule has 0 unspecified atom stereocenters. The molecule has 0 spiro atoms. The maximum atomic E-state index is 12.1. The largest absolute Gasteiger partial charge is 0.476 e. The second kappa shape index (κ2) is 5.69. The van der Waals surface area contributed by atoms with Crippen LogP contribution in [-0.4, -0.2) is 40.1 Å². The summed E-state index contributed by atoms with van der Waals surface area (Å²) in [7, 11) is 0. The van der Waals surface area contributed by atoms with E-state index in [0.717, 1.165) is 19.4 Å². The van der Waals surface area contributed by atoms with Crippen LogP contribution in [0.4, 0.5) is 10.5 Å². The molecular formula is C13H17N3O3. The Morgan fingerprint density at radius 1 is 1.53 bits per heavy atom. The van der Waals surface area contributed by atoms with Crippen LogP contribution in [0.25, 0.3) is 0 Å². The van der Waals surface area contributed by atoms with E-state index in [1.807, 2.05) is 6.92 Å². The lowest BCUT2D eigenvalue weighted by molar-refractivity contribution is 0.0691. The Balaban J connectivity index is 2.06. The third-order valence-electron chi connectivity index (χ3n) is 3.10. The van der Waals surface area contributed by atoms with Gasteiger partial charge in [0.15, 0.2) is 5.69 Å². The highest BCUT2D eigenvalue weighted by Gasteiger charge is 2.26. The zero-order valence-corrected chi connectivity index (χ0v) is 10.8. The van der Waals surface area contributed by atoms with Crippen LogP contribution in [0.3, 0.4) is 0 Å². The van der Waals surface area contributed by atoms with Gasteiger partial charge in [-0.05, 0) is 37.8 Å². The quantitative estimate of drug-likeness (QED) is 0.851.